The van der Waals surface area contributed by atoms with Gasteiger partial charge < -0.3 is 10.2 Å². The Kier molecular flexibility index (Phi) is 8.68. The Hall–Kier alpha value is -1.26. The number of hydrogen-bond donors (Lipinski definition) is 1. The lowest BCUT2D eigenvalue weighted by atomic mass is 9.94. The summed E-state index contributed by atoms with van der Waals surface area (Å²) in [6.45, 7) is 0. The number of benzene rings is 1. The zero-order valence-corrected chi connectivity index (χ0v) is 18.6. The standard InChI is InChI=1S/C23H32Cl2N2O2/c24-16-21(28)27(20-10-6-1-2-7-11-20)22(17-12-14-18(25)15-13-17)23(29)26-19-8-4-3-5-9-19/h12-15,19-20,22H,1-11,16H2,(H,26,29)/t22-/m0/s1. The second-order valence-corrected chi connectivity index (χ2v) is 9.08. The summed E-state index contributed by atoms with van der Waals surface area (Å²) < 4.78 is 0. The molecule has 0 aromatic heterocycles. The lowest BCUT2D eigenvalue weighted by molar-refractivity contribution is -0.142. The van der Waals surface area contributed by atoms with Crippen LogP contribution in [0, 0.1) is 0 Å². The van der Waals surface area contributed by atoms with Gasteiger partial charge in [-0.2, -0.15) is 0 Å². The van der Waals surface area contributed by atoms with Crippen molar-refractivity contribution < 1.29 is 9.59 Å². The van der Waals surface area contributed by atoms with Crippen LogP contribution in [0.2, 0.25) is 5.02 Å². The van der Waals surface area contributed by atoms with E-state index in [0.717, 1.165) is 56.9 Å². The molecule has 29 heavy (non-hydrogen) atoms. The molecule has 2 aliphatic carbocycles. The van der Waals surface area contributed by atoms with E-state index in [2.05, 4.69) is 5.32 Å². The summed E-state index contributed by atoms with van der Waals surface area (Å²) in [6, 6.07) is 6.86. The normalized spacial score (nSPS) is 19.9. The largest absolute Gasteiger partial charge is 0.351 e. The highest BCUT2D eigenvalue weighted by Gasteiger charge is 2.37. The van der Waals surface area contributed by atoms with Crippen molar-refractivity contribution in [2.45, 2.75) is 88.8 Å². The number of halogens is 2. The van der Waals surface area contributed by atoms with E-state index in [-0.39, 0.29) is 29.8 Å². The Labute approximate surface area is 184 Å². The molecule has 2 fully saturated rings. The van der Waals surface area contributed by atoms with E-state index in [1.54, 1.807) is 17.0 Å². The van der Waals surface area contributed by atoms with Crippen molar-refractivity contribution in [3.63, 3.8) is 0 Å². The zero-order chi connectivity index (χ0) is 20.6. The van der Waals surface area contributed by atoms with E-state index in [1.165, 1.54) is 19.3 Å². The average molecular weight is 439 g/mol. The van der Waals surface area contributed by atoms with Gasteiger partial charge in [-0.25, -0.2) is 0 Å². The fraction of sp³-hybridized carbons (Fsp3) is 0.652. The van der Waals surface area contributed by atoms with Crippen LogP contribution in [-0.4, -0.2) is 34.7 Å². The summed E-state index contributed by atoms with van der Waals surface area (Å²) in [4.78, 5) is 28.3. The second-order valence-electron chi connectivity index (χ2n) is 8.38. The van der Waals surface area contributed by atoms with Gasteiger partial charge in [-0.15, -0.1) is 11.6 Å². The monoisotopic (exact) mass is 438 g/mol. The number of amides is 2. The van der Waals surface area contributed by atoms with E-state index in [9.17, 15) is 9.59 Å². The molecular weight excluding hydrogens is 407 g/mol. The smallest absolute Gasteiger partial charge is 0.247 e. The van der Waals surface area contributed by atoms with Gasteiger partial charge in [0, 0.05) is 17.1 Å². The van der Waals surface area contributed by atoms with Crippen LogP contribution >= 0.6 is 23.2 Å². The minimum atomic E-state index is -0.663. The van der Waals surface area contributed by atoms with Gasteiger partial charge in [0.15, 0.2) is 0 Å². The summed E-state index contributed by atoms with van der Waals surface area (Å²) >= 11 is 12.1. The summed E-state index contributed by atoms with van der Waals surface area (Å²) in [5, 5.41) is 3.85. The number of nitrogens with one attached hydrogen (secondary N) is 1. The average Bonchev–Trinajstić information content (AvgIpc) is 3.02. The Morgan fingerprint density at radius 1 is 0.931 bits per heavy atom. The molecule has 0 saturated heterocycles. The van der Waals surface area contributed by atoms with Gasteiger partial charge in [-0.1, -0.05) is 68.7 Å². The molecule has 2 aliphatic rings. The fourth-order valence-corrected chi connectivity index (χ4v) is 5.04. The highest BCUT2D eigenvalue weighted by Crippen LogP contribution is 2.32. The maximum atomic E-state index is 13.5. The molecule has 1 aromatic carbocycles. The first-order valence-electron chi connectivity index (χ1n) is 11.0. The minimum Gasteiger partial charge on any atom is -0.351 e. The topological polar surface area (TPSA) is 49.4 Å². The van der Waals surface area contributed by atoms with Gasteiger partial charge in [0.05, 0.1) is 0 Å². The predicted octanol–water partition coefficient (Wildman–Crippen LogP) is 5.62. The molecule has 0 radical (unpaired) electrons. The van der Waals surface area contributed by atoms with Gasteiger partial charge in [0.1, 0.15) is 11.9 Å². The lowest BCUT2D eigenvalue weighted by Gasteiger charge is -2.38. The van der Waals surface area contributed by atoms with Gasteiger partial charge in [0.25, 0.3) is 0 Å². The van der Waals surface area contributed by atoms with Gasteiger partial charge in [0.2, 0.25) is 11.8 Å². The van der Waals surface area contributed by atoms with E-state index >= 15 is 0 Å². The Balaban J connectivity index is 1.92. The lowest BCUT2D eigenvalue weighted by Crippen LogP contribution is -2.51. The van der Waals surface area contributed by atoms with Crippen molar-refractivity contribution in [2.24, 2.45) is 0 Å². The van der Waals surface area contributed by atoms with Gasteiger partial charge in [-0.05, 0) is 43.4 Å². The molecule has 2 amide bonds. The molecule has 3 rings (SSSR count). The van der Waals surface area contributed by atoms with Crippen molar-refractivity contribution in [1.82, 2.24) is 10.2 Å². The van der Waals surface area contributed by atoms with Crippen molar-refractivity contribution in [3.8, 4) is 0 Å². The Morgan fingerprint density at radius 2 is 1.48 bits per heavy atom. The molecule has 0 heterocycles. The van der Waals surface area contributed by atoms with E-state index < -0.39 is 6.04 Å². The second kappa shape index (κ2) is 11.2. The van der Waals surface area contributed by atoms with Crippen LogP contribution in [0.1, 0.15) is 82.2 Å². The number of hydrogen-bond acceptors (Lipinski definition) is 2. The summed E-state index contributed by atoms with van der Waals surface area (Å²) in [7, 11) is 0. The van der Waals surface area contributed by atoms with Crippen LogP contribution in [0.15, 0.2) is 24.3 Å². The molecule has 0 spiro atoms. The SMILES string of the molecule is O=C(NC1CCCCC1)[C@H](c1ccc(Cl)cc1)N(C(=O)CCl)C1CCCCCC1. The number of carbonyl (C=O) groups excluding carboxylic acids is 2. The van der Waals surface area contributed by atoms with Crippen molar-refractivity contribution >= 4 is 35.0 Å². The van der Waals surface area contributed by atoms with Gasteiger partial charge >= 0.3 is 0 Å². The van der Waals surface area contributed by atoms with Crippen LogP contribution < -0.4 is 5.32 Å². The summed E-state index contributed by atoms with van der Waals surface area (Å²) in [5.41, 5.74) is 0.797. The molecule has 4 nitrogen and oxygen atoms in total. The summed E-state index contributed by atoms with van der Waals surface area (Å²) in [5.74, 6) is -0.378. The quantitative estimate of drug-likeness (QED) is 0.462. The molecule has 160 valence electrons. The first-order chi connectivity index (χ1) is 14.1. The van der Waals surface area contributed by atoms with Crippen molar-refractivity contribution in [1.29, 1.82) is 0 Å². The number of alkyl halides is 1. The molecule has 2 saturated carbocycles. The highest BCUT2D eigenvalue weighted by molar-refractivity contribution is 6.30. The molecule has 0 aliphatic heterocycles. The molecule has 6 heteroatoms. The molecule has 1 atom stereocenters. The van der Waals surface area contributed by atoms with Crippen LogP contribution in [0.5, 0.6) is 0 Å². The Bertz CT molecular complexity index is 666. The first-order valence-corrected chi connectivity index (χ1v) is 11.9. The molecule has 1 aromatic rings. The zero-order valence-electron chi connectivity index (χ0n) is 17.0. The predicted molar refractivity (Wildman–Crippen MR) is 118 cm³/mol. The third kappa shape index (κ3) is 6.11. The first kappa shape index (κ1) is 22.4. The third-order valence-corrected chi connectivity index (χ3v) is 6.76. The van der Waals surface area contributed by atoms with Crippen LogP contribution in [0.3, 0.4) is 0 Å². The molecule has 1 N–H and O–H groups in total. The molecule has 0 bridgehead atoms. The number of nitrogens with zero attached hydrogens (tertiary/aromatic N) is 1. The van der Waals surface area contributed by atoms with Crippen LogP contribution in [0.25, 0.3) is 0 Å². The minimum absolute atomic E-state index is 0.0431. The Morgan fingerprint density at radius 3 is 2.07 bits per heavy atom. The van der Waals surface area contributed by atoms with E-state index in [0.29, 0.717) is 5.02 Å². The maximum absolute atomic E-state index is 13.5. The van der Waals surface area contributed by atoms with Crippen LogP contribution in [0.4, 0.5) is 0 Å². The van der Waals surface area contributed by atoms with Gasteiger partial charge in [-0.3, -0.25) is 9.59 Å². The molecule has 0 unspecified atom stereocenters. The van der Waals surface area contributed by atoms with Crippen LogP contribution in [-0.2, 0) is 9.59 Å². The highest BCUT2D eigenvalue weighted by atomic mass is 35.5. The third-order valence-electron chi connectivity index (χ3n) is 6.28. The van der Waals surface area contributed by atoms with E-state index in [4.69, 9.17) is 23.2 Å². The van der Waals surface area contributed by atoms with E-state index in [1.807, 2.05) is 12.1 Å². The maximum Gasteiger partial charge on any atom is 0.247 e. The number of rotatable bonds is 6. The van der Waals surface area contributed by atoms with Crippen molar-refractivity contribution in [2.75, 3.05) is 5.88 Å². The fourth-order valence-electron chi connectivity index (χ4n) is 4.77. The molecular formula is C23H32Cl2N2O2. The number of carbonyl (C=O) groups is 2. The van der Waals surface area contributed by atoms with Crippen molar-refractivity contribution in [3.05, 3.63) is 34.9 Å². The summed E-state index contributed by atoms with van der Waals surface area (Å²) in [6.07, 6.45) is 11.9.